The molecule has 0 aliphatic carbocycles. The molecule has 0 aromatic heterocycles. The Labute approximate surface area is 108 Å². The molecule has 0 amide bonds. The van der Waals surface area contributed by atoms with Crippen molar-refractivity contribution in [2.45, 2.75) is 38.5 Å². The van der Waals surface area contributed by atoms with Crippen LogP contribution in [0.2, 0.25) is 0 Å². The fourth-order valence-corrected chi connectivity index (χ4v) is 1.85. The lowest BCUT2D eigenvalue weighted by molar-refractivity contribution is 0.386. The molecule has 1 rings (SSSR count). The van der Waals surface area contributed by atoms with E-state index in [1.165, 1.54) is 13.2 Å². The normalized spacial score (nSPS) is 12.8. The van der Waals surface area contributed by atoms with E-state index in [-0.39, 0.29) is 11.2 Å². The predicted molar refractivity (Wildman–Crippen MR) is 70.4 cm³/mol. The van der Waals surface area contributed by atoms with Crippen LogP contribution < -0.4 is 4.74 Å². The first-order valence-electron chi connectivity index (χ1n) is 6.01. The maximum absolute atomic E-state index is 13.4. The molecule has 0 N–H and O–H groups in total. The van der Waals surface area contributed by atoms with E-state index in [2.05, 4.69) is 13.8 Å². The van der Waals surface area contributed by atoms with Crippen LogP contribution in [-0.4, -0.2) is 12.5 Å². The third-order valence-electron chi connectivity index (χ3n) is 2.88. The highest BCUT2D eigenvalue weighted by Gasteiger charge is 2.09. The zero-order chi connectivity index (χ0) is 12.8. The van der Waals surface area contributed by atoms with Crippen molar-refractivity contribution in [3.8, 4) is 5.75 Å². The minimum absolute atomic E-state index is 0.207. The Morgan fingerprint density at radius 1 is 1.35 bits per heavy atom. The number of methoxy groups -OCH3 is 1. The van der Waals surface area contributed by atoms with Crippen LogP contribution in [0.1, 0.15) is 32.3 Å². The van der Waals surface area contributed by atoms with Crippen LogP contribution >= 0.6 is 11.6 Å². The molecule has 1 nitrogen and oxygen atoms in total. The Bertz CT molecular complexity index is 352. The molecule has 1 aromatic carbocycles. The van der Waals surface area contributed by atoms with E-state index in [0.717, 1.165) is 24.8 Å². The van der Waals surface area contributed by atoms with Crippen molar-refractivity contribution in [3.63, 3.8) is 0 Å². The molecule has 96 valence electrons. The van der Waals surface area contributed by atoms with Gasteiger partial charge in [-0.1, -0.05) is 19.9 Å². The highest BCUT2D eigenvalue weighted by molar-refractivity contribution is 6.20. The monoisotopic (exact) mass is 258 g/mol. The molecule has 0 saturated heterocycles. The molecular weight excluding hydrogens is 239 g/mol. The Morgan fingerprint density at radius 3 is 2.59 bits per heavy atom. The molecule has 0 saturated carbocycles. The summed E-state index contributed by atoms with van der Waals surface area (Å²) in [5.74, 6) is 0.492. The Hall–Kier alpha value is -0.760. The van der Waals surface area contributed by atoms with Gasteiger partial charge in [0.15, 0.2) is 11.6 Å². The van der Waals surface area contributed by atoms with Crippen LogP contribution in [0.3, 0.4) is 0 Å². The smallest absolute Gasteiger partial charge is 0.165 e. The summed E-state index contributed by atoms with van der Waals surface area (Å²) in [6, 6.07) is 5.11. The van der Waals surface area contributed by atoms with Crippen molar-refractivity contribution < 1.29 is 9.13 Å². The molecule has 1 atom stereocenters. The highest BCUT2D eigenvalue weighted by atomic mass is 35.5. The van der Waals surface area contributed by atoms with Crippen LogP contribution in [0.25, 0.3) is 0 Å². The van der Waals surface area contributed by atoms with Crippen LogP contribution in [0.5, 0.6) is 5.75 Å². The van der Waals surface area contributed by atoms with Gasteiger partial charge < -0.3 is 4.74 Å². The average molecular weight is 259 g/mol. The summed E-state index contributed by atoms with van der Waals surface area (Å²) in [6.07, 6.45) is 2.81. The van der Waals surface area contributed by atoms with Gasteiger partial charge in [-0.15, -0.1) is 11.6 Å². The Kier molecular flexibility index (Phi) is 5.76. The van der Waals surface area contributed by atoms with Crippen molar-refractivity contribution in [2.75, 3.05) is 7.11 Å². The van der Waals surface area contributed by atoms with E-state index in [9.17, 15) is 4.39 Å². The van der Waals surface area contributed by atoms with Crippen LogP contribution in [0.15, 0.2) is 18.2 Å². The number of hydrogen-bond acceptors (Lipinski definition) is 1. The second-order valence-corrected chi connectivity index (χ2v) is 5.18. The lowest BCUT2D eigenvalue weighted by Gasteiger charge is -2.12. The summed E-state index contributed by atoms with van der Waals surface area (Å²) in [5.41, 5.74) is 0.996. The fourth-order valence-electron chi connectivity index (χ4n) is 1.70. The van der Waals surface area contributed by atoms with E-state index in [0.29, 0.717) is 11.7 Å². The highest BCUT2D eigenvalue weighted by Crippen LogP contribution is 2.20. The average Bonchev–Trinajstić information content (AvgIpc) is 2.29. The summed E-state index contributed by atoms with van der Waals surface area (Å²) in [4.78, 5) is 0. The van der Waals surface area contributed by atoms with Crippen molar-refractivity contribution in [1.82, 2.24) is 0 Å². The minimum atomic E-state index is -0.295. The third kappa shape index (κ3) is 4.55. The molecule has 0 aliphatic rings. The number of hydrogen-bond donors (Lipinski definition) is 0. The summed E-state index contributed by atoms with van der Waals surface area (Å²) in [7, 11) is 1.47. The predicted octanol–water partition coefficient (Wildman–Crippen LogP) is 4.42. The zero-order valence-corrected chi connectivity index (χ0v) is 11.4. The van der Waals surface area contributed by atoms with E-state index >= 15 is 0 Å². The molecule has 0 bridgehead atoms. The minimum Gasteiger partial charge on any atom is -0.494 e. The van der Waals surface area contributed by atoms with Crippen LogP contribution in [0, 0.1) is 11.7 Å². The first-order chi connectivity index (χ1) is 8.04. The summed E-state index contributed by atoms with van der Waals surface area (Å²) < 4.78 is 18.3. The van der Waals surface area contributed by atoms with Crippen LogP contribution in [-0.2, 0) is 6.42 Å². The first kappa shape index (κ1) is 14.3. The lowest BCUT2D eigenvalue weighted by Crippen LogP contribution is -2.07. The number of alkyl halides is 1. The number of rotatable bonds is 6. The van der Waals surface area contributed by atoms with Gasteiger partial charge in [-0.3, -0.25) is 0 Å². The quantitative estimate of drug-likeness (QED) is 0.687. The van der Waals surface area contributed by atoms with E-state index < -0.39 is 0 Å². The van der Waals surface area contributed by atoms with Crippen molar-refractivity contribution >= 4 is 11.6 Å². The van der Waals surface area contributed by atoms with Gasteiger partial charge in [-0.25, -0.2) is 4.39 Å². The molecule has 0 spiro atoms. The largest absolute Gasteiger partial charge is 0.494 e. The van der Waals surface area contributed by atoms with Gasteiger partial charge in [0.2, 0.25) is 0 Å². The summed E-state index contributed by atoms with van der Waals surface area (Å²) >= 11 is 6.17. The molecule has 0 heterocycles. The van der Waals surface area contributed by atoms with Crippen molar-refractivity contribution in [1.29, 1.82) is 0 Å². The topological polar surface area (TPSA) is 9.23 Å². The Balaban J connectivity index is 2.45. The second kappa shape index (κ2) is 6.85. The second-order valence-electron chi connectivity index (χ2n) is 4.62. The number of halogens is 2. The fraction of sp³-hybridized carbons (Fsp3) is 0.571. The van der Waals surface area contributed by atoms with Gasteiger partial charge in [0.25, 0.3) is 0 Å². The molecule has 0 aliphatic heterocycles. The molecule has 3 heteroatoms. The van der Waals surface area contributed by atoms with Gasteiger partial charge >= 0.3 is 0 Å². The molecule has 1 aromatic rings. The van der Waals surface area contributed by atoms with Gasteiger partial charge in [-0.2, -0.15) is 0 Å². The first-order valence-corrected chi connectivity index (χ1v) is 6.44. The number of aryl methyl sites for hydroxylation is 1. The molecule has 1 unspecified atom stereocenters. The third-order valence-corrected chi connectivity index (χ3v) is 3.61. The molecular formula is C14H20ClFO. The standard InChI is InChI=1S/C14H20ClFO/c1-10(2)12(15)6-4-5-11-7-8-14(17-3)13(16)9-11/h7-10,12H,4-6H2,1-3H3. The van der Waals surface area contributed by atoms with E-state index in [1.54, 1.807) is 6.07 Å². The molecule has 0 fully saturated rings. The maximum atomic E-state index is 13.4. The molecule has 0 radical (unpaired) electrons. The summed E-state index contributed by atoms with van der Waals surface area (Å²) in [6.45, 7) is 4.23. The van der Waals surface area contributed by atoms with E-state index in [4.69, 9.17) is 16.3 Å². The maximum Gasteiger partial charge on any atom is 0.165 e. The van der Waals surface area contributed by atoms with E-state index in [1.807, 2.05) is 6.07 Å². The van der Waals surface area contributed by atoms with Gasteiger partial charge in [0, 0.05) is 5.38 Å². The molecule has 17 heavy (non-hydrogen) atoms. The summed E-state index contributed by atoms with van der Waals surface area (Å²) in [5, 5.41) is 0.207. The lowest BCUT2D eigenvalue weighted by atomic mass is 10.0. The van der Waals surface area contributed by atoms with Crippen LogP contribution in [0.4, 0.5) is 4.39 Å². The van der Waals surface area contributed by atoms with Gasteiger partial charge in [0.05, 0.1) is 7.11 Å². The van der Waals surface area contributed by atoms with Gasteiger partial charge in [-0.05, 0) is 42.9 Å². The Morgan fingerprint density at radius 2 is 2.06 bits per heavy atom. The number of ether oxygens (including phenoxy) is 1. The van der Waals surface area contributed by atoms with Crippen molar-refractivity contribution in [3.05, 3.63) is 29.6 Å². The number of benzene rings is 1. The SMILES string of the molecule is COc1ccc(CCCC(Cl)C(C)C)cc1F. The van der Waals surface area contributed by atoms with Gasteiger partial charge in [0.1, 0.15) is 0 Å². The van der Waals surface area contributed by atoms with Crippen molar-refractivity contribution in [2.24, 2.45) is 5.92 Å². The zero-order valence-electron chi connectivity index (χ0n) is 10.7.